The third-order valence-corrected chi connectivity index (χ3v) is 2.63. The van der Waals surface area contributed by atoms with Crippen LogP contribution in [-0.4, -0.2) is 23.4 Å². The zero-order chi connectivity index (χ0) is 10.6. The van der Waals surface area contributed by atoms with Crippen molar-refractivity contribution in [2.45, 2.75) is 13.3 Å². The van der Waals surface area contributed by atoms with Gasteiger partial charge in [0.1, 0.15) is 6.54 Å². The Hall–Kier alpha value is -1.36. The Morgan fingerprint density at radius 2 is 2.29 bits per heavy atom. The number of anilines is 1. The summed E-state index contributed by atoms with van der Waals surface area (Å²) in [5, 5.41) is 12.9. The molecular weight excluding hydrogens is 202 g/mol. The van der Waals surface area contributed by atoms with Gasteiger partial charge in [0.05, 0.1) is 10.6 Å². The third kappa shape index (κ3) is 2.56. The van der Waals surface area contributed by atoms with E-state index in [1.54, 1.807) is 18.4 Å². The first-order valence-electron chi connectivity index (χ1n) is 4.21. The van der Waals surface area contributed by atoms with Crippen LogP contribution in [0.4, 0.5) is 5.69 Å². The smallest absolute Gasteiger partial charge is 0.322 e. The number of rotatable bonds is 5. The molecule has 14 heavy (non-hydrogen) atoms. The molecule has 0 aromatic carbocycles. The first-order chi connectivity index (χ1) is 6.65. The molecule has 4 nitrogen and oxygen atoms in total. The number of aliphatic carboxylic acids is 1. The van der Waals surface area contributed by atoms with E-state index >= 15 is 0 Å². The fraction of sp³-hybridized carbons (Fsp3) is 0.333. The van der Waals surface area contributed by atoms with Crippen molar-refractivity contribution in [2.75, 3.05) is 11.9 Å². The van der Waals surface area contributed by atoms with Crippen molar-refractivity contribution < 1.29 is 14.7 Å². The number of carboxylic acids is 1. The molecule has 0 aliphatic carbocycles. The van der Waals surface area contributed by atoms with Crippen molar-refractivity contribution >= 4 is 28.8 Å². The zero-order valence-electron chi connectivity index (χ0n) is 7.74. The summed E-state index contributed by atoms with van der Waals surface area (Å²) in [5.41, 5.74) is 0.615. The summed E-state index contributed by atoms with van der Waals surface area (Å²) in [6, 6.07) is 1.72. The minimum absolute atomic E-state index is 0.0351. The molecule has 0 spiro atoms. The summed E-state index contributed by atoms with van der Waals surface area (Å²) in [6.07, 6.45) is 0.433. The number of Topliss-reactive ketones (excluding diaryl/α,β-unsaturated/α-hetero) is 1. The van der Waals surface area contributed by atoms with Gasteiger partial charge in [-0.2, -0.15) is 0 Å². The van der Waals surface area contributed by atoms with Gasteiger partial charge >= 0.3 is 5.97 Å². The van der Waals surface area contributed by atoms with Gasteiger partial charge in [-0.15, -0.1) is 11.3 Å². The monoisotopic (exact) mass is 213 g/mol. The van der Waals surface area contributed by atoms with Crippen molar-refractivity contribution in [3.05, 3.63) is 16.3 Å². The van der Waals surface area contributed by atoms with Crippen molar-refractivity contribution in [1.29, 1.82) is 0 Å². The highest BCUT2D eigenvalue weighted by molar-refractivity contribution is 7.12. The topological polar surface area (TPSA) is 66.4 Å². The molecule has 1 heterocycles. The van der Waals surface area contributed by atoms with Gasteiger partial charge in [-0.05, 0) is 11.4 Å². The maximum atomic E-state index is 11.4. The number of thiophene rings is 1. The lowest BCUT2D eigenvalue weighted by Gasteiger charge is -2.02. The second-order valence-corrected chi connectivity index (χ2v) is 3.60. The van der Waals surface area contributed by atoms with E-state index in [4.69, 9.17) is 5.11 Å². The first-order valence-corrected chi connectivity index (χ1v) is 5.09. The number of hydrogen-bond acceptors (Lipinski definition) is 4. The molecule has 1 rings (SSSR count). The molecule has 2 N–H and O–H groups in total. The van der Waals surface area contributed by atoms with Crippen LogP contribution in [0.1, 0.15) is 23.0 Å². The van der Waals surface area contributed by atoms with Crippen molar-refractivity contribution in [3.8, 4) is 0 Å². The molecule has 0 amide bonds. The summed E-state index contributed by atoms with van der Waals surface area (Å²) >= 11 is 1.33. The molecule has 0 aliphatic rings. The maximum absolute atomic E-state index is 11.4. The van der Waals surface area contributed by atoms with Gasteiger partial charge < -0.3 is 10.4 Å². The molecule has 0 unspecified atom stereocenters. The Morgan fingerprint density at radius 1 is 1.57 bits per heavy atom. The minimum Gasteiger partial charge on any atom is -0.480 e. The molecule has 0 saturated carbocycles. The lowest BCUT2D eigenvalue weighted by atomic mass is 10.2. The average Bonchev–Trinajstić information content (AvgIpc) is 2.61. The van der Waals surface area contributed by atoms with E-state index in [9.17, 15) is 9.59 Å². The number of nitrogens with one attached hydrogen (secondary N) is 1. The van der Waals surface area contributed by atoms with Crippen molar-refractivity contribution in [3.63, 3.8) is 0 Å². The van der Waals surface area contributed by atoms with Crippen LogP contribution >= 0.6 is 11.3 Å². The predicted octanol–water partition coefficient (Wildman–Crippen LogP) is 1.84. The lowest BCUT2D eigenvalue weighted by molar-refractivity contribution is -0.134. The van der Waals surface area contributed by atoms with Gasteiger partial charge in [-0.3, -0.25) is 9.59 Å². The summed E-state index contributed by atoms with van der Waals surface area (Å²) in [4.78, 5) is 22.3. The predicted molar refractivity (Wildman–Crippen MR) is 55.1 cm³/mol. The molecule has 0 fully saturated rings. The molecule has 1 aromatic rings. The molecule has 1 aromatic heterocycles. The van der Waals surface area contributed by atoms with Crippen LogP contribution in [0.25, 0.3) is 0 Å². The zero-order valence-corrected chi connectivity index (χ0v) is 8.56. The Balaban J connectivity index is 2.72. The molecule has 0 atom stereocenters. The van der Waals surface area contributed by atoms with E-state index in [0.717, 1.165) is 0 Å². The first kappa shape index (κ1) is 10.7. The SMILES string of the molecule is CCC(=O)c1sccc1NCC(=O)O. The van der Waals surface area contributed by atoms with Crippen molar-refractivity contribution in [2.24, 2.45) is 0 Å². The van der Waals surface area contributed by atoms with Gasteiger partial charge in [-0.1, -0.05) is 6.92 Å². The quantitative estimate of drug-likeness (QED) is 0.732. The largest absolute Gasteiger partial charge is 0.480 e. The van der Waals surface area contributed by atoms with Crippen molar-refractivity contribution in [1.82, 2.24) is 0 Å². The average molecular weight is 213 g/mol. The molecule has 0 saturated heterocycles. The highest BCUT2D eigenvalue weighted by atomic mass is 32.1. The van der Waals surface area contributed by atoms with Crippen LogP contribution in [0.5, 0.6) is 0 Å². The lowest BCUT2D eigenvalue weighted by Crippen LogP contribution is -2.13. The fourth-order valence-corrected chi connectivity index (χ4v) is 1.88. The van der Waals surface area contributed by atoms with Crippen LogP contribution in [-0.2, 0) is 4.79 Å². The van der Waals surface area contributed by atoms with Gasteiger partial charge in [0, 0.05) is 6.42 Å². The van der Waals surface area contributed by atoms with E-state index in [-0.39, 0.29) is 12.3 Å². The Labute approximate surface area is 85.6 Å². The highest BCUT2D eigenvalue weighted by Gasteiger charge is 2.11. The van der Waals surface area contributed by atoms with Crippen LogP contribution < -0.4 is 5.32 Å². The van der Waals surface area contributed by atoms with Crippen LogP contribution in [0.15, 0.2) is 11.4 Å². The summed E-state index contributed by atoms with van der Waals surface area (Å²) in [6.45, 7) is 1.61. The Bertz CT molecular complexity index is 346. The molecule has 0 aliphatic heterocycles. The Kier molecular flexibility index (Phi) is 3.64. The normalized spacial score (nSPS) is 9.79. The molecule has 5 heteroatoms. The second-order valence-electron chi connectivity index (χ2n) is 2.69. The Morgan fingerprint density at radius 3 is 2.86 bits per heavy atom. The number of carboxylic acid groups (broad SMARTS) is 1. The van der Waals surface area contributed by atoms with Gasteiger partial charge in [0.25, 0.3) is 0 Å². The molecule has 76 valence electrons. The summed E-state index contributed by atoms with van der Waals surface area (Å²) in [5.74, 6) is -0.904. The van der Waals surface area contributed by atoms with Crippen LogP contribution in [0.2, 0.25) is 0 Å². The second kappa shape index (κ2) is 4.76. The van der Waals surface area contributed by atoms with Crippen LogP contribution in [0.3, 0.4) is 0 Å². The number of carbonyl (C=O) groups is 2. The molecule has 0 bridgehead atoms. The molecular formula is C9H11NO3S. The van der Waals surface area contributed by atoms with Gasteiger partial charge in [-0.25, -0.2) is 0 Å². The number of ketones is 1. The van der Waals surface area contributed by atoms with E-state index < -0.39 is 5.97 Å². The number of carbonyl (C=O) groups excluding carboxylic acids is 1. The molecule has 0 radical (unpaired) electrons. The van der Waals surface area contributed by atoms with Gasteiger partial charge in [0.2, 0.25) is 0 Å². The van der Waals surface area contributed by atoms with E-state index in [1.165, 1.54) is 11.3 Å². The fourth-order valence-electron chi connectivity index (χ4n) is 0.996. The number of hydrogen-bond donors (Lipinski definition) is 2. The van der Waals surface area contributed by atoms with Crippen LogP contribution in [0, 0.1) is 0 Å². The van der Waals surface area contributed by atoms with E-state index in [1.807, 2.05) is 0 Å². The van der Waals surface area contributed by atoms with Gasteiger partial charge in [0.15, 0.2) is 5.78 Å². The maximum Gasteiger partial charge on any atom is 0.322 e. The summed E-state index contributed by atoms with van der Waals surface area (Å²) < 4.78 is 0. The van der Waals surface area contributed by atoms with E-state index in [0.29, 0.717) is 17.0 Å². The van der Waals surface area contributed by atoms with E-state index in [2.05, 4.69) is 5.32 Å². The standard InChI is InChI=1S/C9H11NO3S/c1-2-7(11)9-6(3-4-14-9)10-5-8(12)13/h3-4,10H,2,5H2,1H3,(H,12,13). The summed E-state index contributed by atoms with van der Waals surface area (Å²) in [7, 11) is 0. The third-order valence-electron chi connectivity index (χ3n) is 1.67. The minimum atomic E-state index is -0.939. The highest BCUT2D eigenvalue weighted by Crippen LogP contribution is 2.23.